The zero-order valence-corrected chi connectivity index (χ0v) is 12.3. The van der Waals surface area contributed by atoms with E-state index in [0.717, 1.165) is 32.9 Å². The predicted molar refractivity (Wildman–Crippen MR) is 82.9 cm³/mol. The molecule has 6 nitrogen and oxygen atoms in total. The van der Waals surface area contributed by atoms with E-state index in [1.807, 2.05) is 31.2 Å². The molecule has 2 aromatic heterocycles. The Labute approximate surface area is 126 Å². The molecule has 0 aliphatic rings. The molecule has 3 N–H and O–H groups in total. The van der Waals surface area contributed by atoms with Gasteiger partial charge in [-0.3, -0.25) is 0 Å². The van der Waals surface area contributed by atoms with Crippen LogP contribution in [0.4, 0.5) is 5.82 Å². The van der Waals surface area contributed by atoms with Gasteiger partial charge < -0.3 is 5.43 Å². The summed E-state index contributed by atoms with van der Waals surface area (Å²) in [6.45, 7) is 2.04. The molecule has 21 heavy (non-hydrogen) atoms. The number of fused-ring (bicyclic) bond motifs is 1. The van der Waals surface area contributed by atoms with E-state index in [4.69, 9.17) is 5.84 Å². The van der Waals surface area contributed by atoms with Gasteiger partial charge in [-0.05, 0) is 24.2 Å². The van der Waals surface area contributed by atoms with Crippen molar-refractivity contribution in [2.24, 2.45) is 5.84 Å². The molecule has 3 rings (SSSR count). The summed E-state index contributed by atoms with van der Waals surface area (Å²) in [6.07, 6.45) is 3.85. The molecule has 7 heteroatoms. The van der Waals surface area contributed by atoms with Crippen LogP contribution in [0, 0.1) is 0 Å². The minimum Gasteiger partial charge on any atom is -0.308 e. The van der Waals surface area contributed by atoms with Crippen molar-refractivity contribution in [3.05, 3.63) is 42.5 Å². The summed E-state index contributed by atoms with van der Waals surface area (Å²) in [4.78, 5) is 17.1. The third-order valence-corrected chi connectivity index (χ3v) is 4.16. The van der Waals surface area contributed by atoms with Gasteiger partial charge in [-0.15, -0.1) is 0 Å². The van der Waals surface area contributed by atoms with Crippen LogP contribution in [0.2, 0.25) is 0 Å². The van der Waals surface area contributed by atoms with Crippen LogP contribution in [-0.4, -0.2) is 19.9 Å². The summed E-state index contributed by atoms with van der Waals surface area (Å²) >= 11 is 1.50. The van der Waals surface area contributed by atoms with Gasteiger partial charge in [0, 0.05) is 10.9 Å². The third kappa shape index (κ3) is 2.65. The molecule has 0 saturated carbocycles. The molecule has 106 valence electrons. The first kappa shape index (κ1) is 13.7. The van der Waals surface area contributed by atoms with Crippen LogP contribution in [-0.2, 0) is 6.42 Å². The van der Waals surface area contributed by atoms with E-state index in [1.165, 1.54) is 18.1 Å². The van der Waals surface area contributed by atoms with Gasteiger partial charge in [0.05, 0.1) is 5.52 Å². The van der Waals surface area contributed by atoms with Crippen LogP contribution < -0.4 is 11.3 Å². The minimum atomic E-state index is 0.647. The fourth-order valence-corrected chi connectivity index (χ4v) is 3.11. The van der Waals surface area contributed by atoms with Crippen molar-refractivity contribution in [2.75, 3.05) is 5.43 Å². The van der Waals surface area contributed by atoms with Crippen LogP contribution >= 0.6 is 11.8 Å². The number of para-hydroxylation sites is 1. The average Bonchev–Trinajstić information content (AvgIpc) is 2.55. The Morgan fingerprint density at radius 2 is 1.81 bits per heavy atom. The molecule has 0 spiro atoms. The van der Waals surface area contributed by atoms with Crippen molar-refractivity contribution in [1.82, 2.24) is 19.9 Å². The summed E-state index contributed by atoms with van der Waals surface area (Å²) in [5.74, 6) is 6.15. The predicted octanol–water partition coefficient (Wildman–Crippen LogP) is 2.42. The van der Waals surface area contributed by atoms with E-state index >= 15 is 0 Å². The first-order valence-electron chi connectivity index (χ1n) is 6.51. The molecular formula is C14H14N6S. The summed E-state index contributed by atoms with van der Waals surface area (Å²) in [7, 11) is 0. The maximum absolute atomic E-state index is 5.50. The summed E-state index contributed by atoms with van der Waals surface area (Å²) in [5, 5.41) is 2.73. The number of rotatable bonds is 4. The number of benzene rings is 1. The molecule has 0 bridgehead atoms. The standard InChI is InChI=1S/C14H14N6S/c1-2-9-12(20-15)17-8-19-13(9)21-14-10-5-3-4-6-11(10)16-7-18-14/h3-8H,2,15H2,1H3,(H,17,19,20). The number of aromatic nitrogens is 4. The average molecular weight is 298 g/mol. The maximum atomic E-state index is 5.50. The van der Waals surface area contributed by atoms with Crippen LogP contribution in [0.25, 0.3) is 10.9 Å². The molecule has 0 fully saturated rings. The van der Waals surface area contributed by atoms with Gasteiger partial charge in [-0.25, -0.2) is 25.8 Å². The molecule has 0 aliphatic heterocycles. The SMILES string of the molecule is CCc1c(NN)ncnc1Sc1ncnc2ccccc12. The molecule has 3 aromatic rings. The van der Waals surface area contributed by atoms with E-state index in [2.05, 4.69) is 25.4 Å². The van der Waals surface area contributed by atoms with Crippen LogP contribution in [0.15, 0.2) is 47.0 Å². The second-order valence-corrected chi connectivity index (χ2v) is 5.28. The quantitative estimate of drug-likeness (QED) is 0.434. The highest BCUT2D eigenvalue weighted by atomic mass is 32.2. The topological polar surface area (TPSA) is 89.6 Å². The number of hydrogen-bond donors (Lipinski definition) is 2. The highest BCUT2D eigenvalue weighted by Gasteiger charge is 2.13. The maximum Gasteiger partial charge on any atom is 0.147 e. The lowest BCUT2D eigenvalue weighted by atomic mass is 10.2. The second kappa shape index (κ2) is 6.02. The lowest BCUT2D eigenvalue weighted by Gasteiger charge is -2.10. The van der Waals surface area contributed by atoms with Crippen LogP contribution in [0.1, 0.15) is 12.5 Å². The van der Waals surface area contributed by atoms with Gasteiger partial charge in [0.15, 0.2) is 0 Å². The Morgan fingerprint density at radius 1 is 1.05 bits per heavy atom. The summed E-state index contributed by atoms with van der Waals surface area (Å²) in [5.41, 5.74) is 4.51. The van der Waals surface area contributed by atoms with Crippen LogP contribution in [0.3, 0.4) is 0 Å². The molecule has 0 unspecified atom stereocenters. The zero-order valence-electron chi connectivity index (χ0n) is 11.4. The fourth-order valence-electron chi connectivity index (χ4n) is 2.08. The van der Waals surface area contributed by atoms with E-state index in [-0.39, 0.29) is 0 Å². The van der Waals surface area contributed by atoms with Crippen molar-refractivity contribution in [3.8, 4) is 0 Å². The number of nitrogens with two attached hydrogens (primary N) is 1. The van der Waals surface area contributed by atoms with Crippen molar-refractivity contribution in [1.29, 1.82) is 0 Å². The Hall–Kier alpha value is -2.25. The van der Waals surface area contributed by atoms with Crippen molar-refractivity contribution in [3.63, 3.8) is 0 Å². The first-order chi connectivity index (χ1) is 10.3. The molecule has 1 aromatic carbocycles. The Morgan fingerprint density at radius 3 is 2.62 bits per heavy atom. The van der Waals surface area contributed by atoms with Gasteiger partial charge in [0.2, 0.25) is 0 Å². The van der Waals surface area contributed by atoms with E-state index in [1.54, 1.807) is 6.33 Å². The molecule has 0 aliphatic carbocycles. The molecule has 0 saturated heterocycles. The third-order valence-electron chi connectivity index (χ3n) is 3.10. The second-order valence-electron chi connectivity index (χ2n) is 4.30. The largest absolute Gasteiger partial charge is 0.308 e. The molecule has 0 atom stereocenters. The number of hydrogen-bond acceptors (Lipinski definition) is 7. The number of anilines is 1. The van der Waals surface area contributed by atoms with Crippen molar-refractivity contribution >= 4 is 28.5 Å². The highest BCUT2D eigenvalue weighted by Crippen LogP contribution is 2.33. The lowest BCUT2D eigenvalue weighted by Crippen LogP contribution is -2.12. The summed E-state index contributed by atoms with van der Waals surface area (Å²) < 4.78 is 0. The molecular weight excluding hydrogens is 284 g/mol. The monoisotopic (exact) mass is 298 g/mol. The van der Waals surface area contributed by atoms with E-state index in [0.29, 0.717) is 5.82 Å². The zero-order chi connectivity index (χ0) is 14.7. The summed E-state index contributed by atoms with van der Waals surface area (Å²) in [6, 6.07) is 7.91. The number of nitrogens with one attached hydrogen (secondary N) is 1. The number of hydrazine groups is 1. The fraction of sp³-hybridized carbons (Fsp3) is 0.143. The lowest BCUT2D eigenvalue weighted by molar-refractivity contribution is 0.938. The first-order valence-corrected chi connectivity index (χ1v) is 7.33. The van der Waals surface area contributed by atoms with Crippen molar-refractivity contribution in [2.45, 2.75) is 23.4 Å². The Bertz CT molecular complexity index is 771. The molecule has 0 radical (unpaired) electrons. The van der Waals surface area contributed by atoms with Gasteiger partial charge in [-0.1, -0.05) is 25.1 Å². The highest BCUT2D eigenvalue weighted by molar-refractivity contribution is 7.99. The molecule has 0 amide bonds. The number of nitrogen functional groups attached to an aromatic ring is 1. The van der Waals surface area contributed by atoms with Gasteiger partial charge in [-0.2, -0.15) is 0 Å². The van der Waals surface area contributed by atoms with Gasteiger partial charge in [0.25, 0.3) is 0 Å². The van der Waals surface area contributed by atoms with Gasteiger partial charge >= 0.3 is 0 Å². The van der Waals surface area contributed by atoms with Crippen LogP contribution in [0.5, 0.6) is 0 Å². The minimum absolute atomic E-state index is 0.647. The number of nitrogens with zero attached hydrogens (tertiary/aromatic N) is 4. The van der Waals surface area contributed by atoms with Gasteiger partial charge in [0.1, 0.15) is 28.5 Å². The van der Waals surface area contributed by atoms with E-state index in [9.17, 15) is 0 Å². The Balaban J connectivity index is 2.07. The Kier molecular flexibility index (Phi) is 3.94. The smallest absolute Gasteiger partial charge is 0.147 e. The molecule has 2 heterocycles. The van der Waals surface area contributed by atoms with E-state index < -0.39 is 0 Å². The van der Waals surface area contributed by atoms with Crippen molar-refractivity contribution < 1.29 is 0 Å². The normalized spacial score (nSPS) is 10.8.